The second-order valence-corrected chi connectivity index (χ2v) is 5.51. The molecule has 1 atom stereocenters. The third kappa shape index (κ3) is 14.3. The van der Waals surface area contributed by atoms with Gasteiger partial charge in [-0.05, 0) is 32.1 Å². The number of hydrogen-bond donors (Lipinski definition) is 3. The summed E-state index contributed by atoms with van der Waals surface area (Å²) in [5, 5.41) is 25.4. The van der Waals surface area contributed by atoms with Gasteiger partial charge in [-0.15, -0.1) is 0 Å². The topological polar surface area (TPSA) is 87.0 Å². The maximum atomic E-state index is 11.4. The van der Waals surface area contributed by atoms with Crippen LogP contribution in [0.4, 0.5) is 0 Å². The molecule has 22 heavy (non-hydrogen) atoms. The van der Waals surface area contributed by atoms with E-state index in [0.29, 0.717) is 19.4 Å². The molecule has 0 aromatic heterocycles. The molecule has 0 aliphatic carbocycles. The zero-order valence-corrected chi connectivity index (χ0v) is 14.6. The second-order valence-electron chi connectivity index (χ2n) is 5.51. The summed E-state index contributed by atoms with van der Waals surface area (Å²) in [4.78, 5) is 11.4. The van der Waals surface area contributed by atoms with E-state index in [2.05, 4.69) is 6.92 Å². The number of carbonyl (C=O) groups is 1. The van der Waals surface area contributed by atoms with Crippen LogP contribution in [0.1, 0.15) is 65.7 Å². The van der Waals surface area contributed by atoms with Crippen molar-refractivity contribution in [3.05, 3.63) is 0 Å². The minimum Gasteiger partial charge on any atom is -0.465 e. The molecule has 0 radical (unpaired) electrons. The number of aliphatic hydroxyl groups excluding tert-OH is 3. The van der Waals surface area contributed by atoms with Crippen molar-refractivity contribution >= 4 is 5.97 Å². The van der Waals surface area contributed by atoms with Crippen molar-refractivity contribution in [2.24, 2.45) is 11.8 Å². The molecule has 5 nitrogen and oxygen atoms in total. The van der Waals surface area contributed by atoms with Gasteiger partial charge in [-0.2, -0.15) is 0 Å². The van der Waals surface area contributed by atoms with E-state index in [1.807, 2.05) is 13.8 Å². The summed E-state index contributed by atoms with van der Waals surface area (Å²) in [6.45, 7) is 6.93. The van der Waals surface area contributed by atoms with Crippen molar-refractivity contribution in [3.63, 3.8) is 0 Å². The van der Waals surface area contributed by atoms with E-state index in [0.717, 1.165) is 32.1 Å². The number of unbranched alkanes of at least 4 members (excludes halogenated alkanes) is 1. The average molecular weight is 320 g/mol. The molecule has 0 spiro atoms. The fourth-order valence-corrected chi connectivity index (χ4v) is 1.88. The van der Waals surface area contributed by atoms with Crippen LogP contribution in [-0.4, -0.2) is 47.7 Å². The predicted molar refractivity (Wildman–Crippen MR) is 88.5 cm³/mol. The van der Waals surface area contributed by atoms with Gasteiger partial charge in [-0.3, -0.25) is 4.79 Å². The molecule has 0 saturated carbocycles. The Morgan fingerprint density at radius 1 is 0.955 bits per heavy atom. The van der Waals surface area contributed by atoms with Gasteiger partial charge in [0.25, 0.3) is 0 Å². The van der Waals surface area contributed by atoms with Crippen LogP contribution in [0.3, 0.4) is 0 Å². The first kappa shape index (κ1) is 23.6. The number of hydrogen-bond acceptors (Lipinski definition) is 5. The highest BCUT2D eigenvalue weighted by molar-refractivity contribution is 5.72. The van der Waals surface area contributed by atoms with E-state index in [1.165, 1.54) is 0 Å². The third-order valence-electron chi connectivity index (χ3n) is 3.47. The van der Waals surface area contributed by atoms with Crippen LogP contribution in [0, 0.1) is 11.8 Å². The molecule has 3 N–H and O–H groups in total. The van der Waals surface area contributed by atoms with E-state index < -0.39 is 0 Å². The van der Waals surface area contributed by atoms with Crippen molar-refractivity contribution in [2.45, 2.75) is 65.7 Å². The van der Waals surface area contributed by atoms with Gasteiger partial charge < -0.3 is 20.1 Å². The van der Waals surface area contributed by atoms with Crippen molar-refractivity contribution in [1.29, 1.82) is 0 Å². The number of carbonyl (C=O) groups excluding carboxylic acids is 1. The summed E-state index contributed by atoms with van der Waals surface area (Å²) in [5.74, 6) is 0.0847. The van der Waals surface area contributed by atoms with Crippen LogP contribution in [0.25, 0.3) is 0 Å². The SMILES string of the molecule is CCCCC(CC)C(=O)OCCC.OCCCC(CO)CO. The number of esters is 1. The highest BCUT2D eigenvalue weighted by atomic mass is 16.5. The first-order chi connectivity index (χ1) is 10.6. The first-order valence-electron chi connectivity index (χ1n) is 8.60. The lowest BCUT2D eigenvalue weighted by atomic mass is 10.00. The Balaban J connectivity index is 0. The largest absolute Gasteiger partial charge is 0.465 e. The lowest BCUT2D eigenvalue weighted by Gasteiger charge is -2.12. The average Bonchev–Trinajstić information content (AvgIpc) is 2.55. The Labute approximate surface area is 135 Å². The molecular weight excluding hydrogens is 284 g/mol. The fraction of sp³-hybridized carbons (Fsp3) is 0.941. The number of ether oxygens (including phenoxy) is 1. The smallest absolute Gasteiger partial charge is 0.308 e. The maximum Gasteiger partial charge on any atom is 0.308 e. The van der Waals surface area contributed by atoms with Gasteiger partial charge in [0.05, 0.1) is 12.5 Å². The first-order valence-corrected chi connectivity index (χ1v) is 8.60. The summed E-state index contributed by atoms with van der Waals surface area (Å²) in [6, 6.07) is 0. The lowest BCUT2D eigenvalue weighted by molar-refractivity contribution is -0.149. The molecule has 134 valence electrons. The van der Waals surface area contributed by atoms with Gasteiger partial charge >= 0.3 is 5.97 Å². The molecule has 0 saturated heterocycles. The van der Waals surface area contributed by atoms with Crippen molar-refractivity contribution < 1.29 is 24.9 Å². The maximum absolute atomic E-state index is 11.4. The quantitative estimate of drug-likeness (QED) is 0.481. The molecule has 0 rings (SSSR count). The Morgan fingerprint density at radius 2 is 1.59 bits per heavy atom. The monoisotopic (exact) mass is 320 g/mol. The molecule has 0 aromatic carbocycles. The van der Waals surface area contributed by atoms with Crippen LogP contribution in [0.15, 0.2) is 0 Å². The van der Waals surface area contributed by atoms with Gasteiger partial charge in [0, 0.05) is 25.7 Å². The Hall–Kier alpha value is -0.650. The zero-order valence-electron chi connectivity index (χ0n) is 14.6. The minimum absolute atomic E-state index is 0.00204. The normalized spacial score (nSPS) is 11.8. The van der Waals surface area contributed by atoms with Crippen LogP contribution in [0.2, 0.25) is 0 Å². The van der Waals surface area contributed by atoms with Gasteiger partial charge in [0.1, 0.15) is 0 Å². The Morgan fingerprint density at radius 3 is 2.00 bits per heavy atom. The predicted octanol–water partition coefficient (Wildman–Crippen LogP) is 2.52. The lowest BCUT2D eigenvalue weighted by Crippen LogP contribution is -2.17. The fourth-order valence-electron chi connectivity index (χ4n) is 1.88. The van der Waals surface area contributed by atoms with Gasteiger partial charge in [-0.25, -0.2) is 0 Å². The van der Waals surface area contributed by atoms with E-state index in [1.54, 1.807) is 0 Å². The zero-order chi connectivity index (χ0) is 17.2. The minimum atomic E-state index is -0.0443. The molecule has 0 amide bonds. The van der Waals surface area contributed by atoms with Gasteiger partial charge in [0.15, 0.2) is 0 Å². The molecule has 0 fully saturated rings. The molecule has 5 heteroatoms. The Bertz CT molecular complexity index is 229. The highest BCUT2D eigenvalue weighted by Crippen LogP contribution is 2.14. The standard InChI is InChI=1S/C11H22O2.C6H14O3/c1-4-7-8-10(6-3)11(12)13-9-5-2;7-3-1-2-6(4-8)5-9/h10H,4-9H2,1-3H3;6-9H,1-5H2. The van der Waals surface area contributed by atoms with Crippen molar-refractivity contribution in [2.75, 3.05) is 26.4 Å². The van der Waals surface area contributed by atoms with E-state index >= 15 is 0 Å². The summed E-state index contributed by atoms with van der Waals surface area (Å²) in [7, 11) is 0. The Kier molecular flexibility index (Phi) is 19.7. The number of rotatable bonds is 12. The molecular formula is C17H36O5. The third-order valence-corrected chi connectivity index (χ3v) is 3.47. The summed E-state index contributed by atoms with van der Waals surface area (Å²) >= 11 is 0. The van der Waals surface area contributed by atoms with E-state index in [9.17, 15) is 4.79 Å². The molecule has 0 aromatic rings. The molecule has 0 bridgehead atoms. The van der Waals surface area contributed by atoms with E-state index in [4.69, 9.17) is 20.1 Å². The van der Waals surface area contributed by atoms with E-state index in [-0.39, 0.29) is 37.6 Å². The van der Waals surface area contributed by atoms with Crippen LogP contribution in [0.5, 0.6) is 0 Å². The molecule has 0 aliphatic heterocycles. The second kappa shape index (κ2) is 18.4. The highest BCUT2D eigenvalue weighted by Gasteiger charge is 2.16. The van der Waals surface area contributed by atoms with Crippen molar-refractivity contribution in [3.8, 4) is 0 Å². The van der Waals surface area contributed by atoms with Crippen LogP contribution < -0.4 is 0 Å². The molecule has 1 unspecified atom stereocenters. The van der Waals surface area contributed by atoms with Crippen LogP contribution in [-0.2, 0) is 9.53 Å². The summed E-state index contributed by atoms with van der Waals surface area (Å²) < 4.78 is 5.10. The van der Waals surface area contributed by atoms with Crippen LogP contribution >= 0.6 is 0 Å². The van der Waals surface area contributed by atoms with Crippen molar-refractivity contribution in [1.82, 2.24) is 0 Å². The van der Waals surface area contributed by atoms with Gasteiger partial charge in [-0.1, -0.05) is 33.6 Å². The van der Waals surface area contributed by atoms with Gasteiger partial charge in [0.2, 0.25) is 0 Å². The summed E-state index contributed by atoms with van der Waals surface area (Å²) in [5.41, 5.74) is 0. The molecule has 0 heterocycles. The summed E-state index contributed by atoms with van der Waals surface area (Å²) in [6.07, 6.45) is 6.43. The molecule has 0 aliphatic rings. The number of aliphatic hydroxyl groups is 3.